The molecule has 2 aromatic heterocycles. The predicted molar refractivity (Wildman–Crippen MR) is 96.8 cm³/mol. The predicted octanol–water partition coefficient (Wildman–Crippen LogP) is 3.81. The maximum atomic E-state index is 13.0. The fraction of sp³-hybridized carbons (Fsp3) is 0.158. The van der Waals surface area contributed by atoms with Crippen LogP contribution in [0.1, 0.15) is 27.9 Å². The Hall–Kier alpha value is -2.44. The van der Waals surface area contributed by atoms with Crippen LogP contribution in [0.5, 0.6) is 0 Å². The van der Waals surface area contributed by atoms with Gasteiger partial charge in [0.05, 0.1) is 12.8 Å². The zero-order valence-electron chi connectivity index (χ0n) is 13.4. The Kier molecular flexibility index (Phi) is 5.63. The van der Waals surface area contributed by atoms with Crippen molar-refractivity contribution in [2.24, 2.45) is 0 Å². The molecule has 0 radical (unpaired) electrons. The molecule has 3 aromatic rings. The van der Waals surface area contributed by atoms with Gasteiger partial charge in [-0.1, -0.05) is 30.3 Å². The van der Waals surface area contributed by atoms with Gasteiger partial charge in [0.15, 0.2) is 0 Å². The highest BCUT2D eigenvalue weighted by Crippen LogP contribution is 2.21. The molecule has 25 heavy (non-hydrogen) atoms. The molecule has 0 aliphatic rings. The molecule has 0 fully saturated rings. The summed E-state index contributed by atoms with van der Waals surface area (Å²) in [6.45, 7) is 0.463. The van der Waals surface area contributed by atoms with Gasteiger partial charge in [0.1, 0.15) is 17.6 Å². The molecule has 5 nitrogen and oxygen atoms in total. The molecule has 1 unspecified atom stereocenters. The smallest absolute Gasteiger partial charge is 0.274 e. The van der Waals surface area contributed by atoms with Gasteiger partial charge in [0, 0.05) is 17.2 Å². The number of hydrogen-bond acceptors (Lipinski definition) is 4. The lowest BCUT2D eigenvalue weighted by atomic mass is 10.1. The Balaban J connectivity index is 1.85. The van der Waals surface area contributed by atoms with Crippen LogP contribution in [-0.2, 0) is 6.54 Å². The lowest BCUT2D eigenvalue weighted by Gasteiger charge is -2.25. The number of carbonyl (C=O) groups is 1. The van der Waals surface area contributed by atoms with Gasteiger partial charge >= 0.3 is 0 Å². The number of hydrogen-bond donors (Lipinski definition) is 1. The highest BCUT2D eigenvalue weighted by Gasteiger charge is 2.24. The number of aliphatic hydroxyl groups excluding tert-OH is 1. The lowest BCUT2D eigenvalue weighted by Crippen LogP contribution is -2.35. The van der Waals surface area contributed by atoms with E-state index in [0.29, 0.717) is 22.5 Å². The van der Waals surface area contributed by atoms with Crippen molar-refractivity contribution >= 4 is 21.8 Å². The molecule has 0 spiro atoms. The molecule has 1 amide bonds. The second-order valence-corrected chi connectivity index (χ2v) is 6.39. The Morgan fingerprint density at radius 2 is 1.96 bits per heavy atom. The van der Waals surface area contributed by atoms with Crippen LogP contribution in [0.4, 0.5) is 0 Å². The first kappa shape index (κ1) is 17.4. The standard InChI is InChI=1S/C19H17BrN2O3/c20-15-8-4-10-21-18(15)19(24)22(12-14-6-2-1-3-7-14)13-16(23)17-9-5-11-25-17/h1-11,16,23H,12-13H2. The number of rotatable bonds is 6. The van der Waals surface area contributed by atoms with Crippen LogP contribution in [-0.4, -0.2) is 27.4 Å². The van der Waals surface area contributed by atoms with E-state index in [2.05, 4.69) is 20.9 Å². The average molecular weight is 401 g/mol. The molecule has 0 saturated heterocycles. The van der Waals surface area contributed by atoms with Crippen molar-refractivity contribution in [3.8, 4) is 0 Å². The minimum absolute atomic E-state index is 0.101. The summed E-state index contributed by atoms with van der Waals surface area (Å²) in [5, 5.41) is 10.4. The topological polar surface area (TPSA) is 66.6 Å². The van der Waals surface area contributed by atoms with E-state index in [1.54, 1.807) is 35.4 Å². The van der Waals surface area contributed by atoms with Crippen molar-refractivity contribution < 1.29 is 14.3 Å². The molecule has 128 valence electrons. The average Bonchev–Trinajstić information content (AvgIpc) is 3.17. The number of benzene rings is 1. The number of pyridine rings is 1. The summed E-state index contributed by atoms with van der Waals surface area (Å²) in [5.74, 6) is 0.160. The maximum absolute atomic E-state index is 13.0. The molecule has 0 aliphatic carbocycles. The summed E-state index contributed by atoms with van der Waals surface area (Å²) in [7, 11) is 0. The highest BCUT2D eigenvalue weighted by atomic mass is 79.9. The Bertz CT molecular complexity index is 822. The van der Waals surface area contributed by atoms with Gasteiger partial charge in [-0.2, -0.15) is 0 Å². The molecular weight excluding hydrogens is 384 g/mol. The number of nitrogens with zero attached hydrogens (tertiary/aromatic N) is 2. The first-order valence-corrected chi connectivity index (χ1v) is 8.59. The van der Waals surface area contributed by atoms with E-state index in [0.717, 1.165) is 5.56 Å². The number of halogens is 1. The van der Waals surface area contributed by atoms with Crippen molar-refractivity contribution in [2.45, 2.75) is 12.6 Å². The SMILES string of the molecule is O=C(c1ncccc1Br)N(Cc1ccccc1)CC(O)c1ccco1. The lowest BCUT2D eigenvalue weighted by molar-refractivity contribution is 0.0557. The van der Waals surface area contributed by atoms with E-state index in [1.807, 2.05) is 30.3 Å². The monoisotopic (exact) mass is 400 g/mol. The Morgan fingerprint density at radius 3 is 2.64 bits per heavy atom. The van der Waals surface area contributed by atoms with E-state index < -0.39 is 6.10 Å². The second-order valence-electron chi connectivity index (χ2n) is 5.54. The third kappa shape index (κ3) is 4.35. The van der Waals surface area contributed by atoms with Crippen molar-refractivity contribution in [3.63, 3.8) is 0 Å². The van der Waals surface area contributed by atoms with Crippen LogP contribution >= 0.6 is 15.9 Å². The van der Waals surface area contributed by atoms with E-state index >= 15 is 0 Å². The molecule has 1 N–H and O–H groups in total. The molecular formula is C19H17BrN2O3. The fourth-order valence-electron chi connectivity index (χ4n) is 2.50. The molecule has 1 aromatic carbocycles. The van der Waals surface area contributed by atoms with Crippen molar-refractivity contribution in [1.29, 1.82) is 0 Å². The van der Waals surface area contributed by atoms with Gasteiger partial charge in [-0.05, 0) is 45.8 Å². The summed E-state index contributed by atoms with van der Waals surface area (Å²) in [6, 6.07) is 16.5. The summed E-state index contributed by atoms with van der Waals surface area (Å²) in [4.78, 5) is 18.7. The van der Waals surface area contributed by atoms with Crippen LogP contribution in [0.15, 0.2) is 75.9 Å². The van der Waals surface area contributed by atoms with Crippen LogP contribution in [0.25, 0.3) is 0 Å². The van der Waals surface area contributed by atoms with E-state index in [9.17, 15) is 9.90 Å². The summed E-state index contributed by atoms with van der Waals surface area (Å²) >= 11 is 3.36. The molecule has 0 saturated carbocycles. The summed E-state index contributed by atoms with van der Waals surface area (Å²) in [5.41, 5.74) is 1.28. The third-order valence-corrected chi connectivity index (χ3v) is 4.37. The van der Waals surface area contributed by atoms with Gasteiger partial charge in [0.25, 0.3) is 5.91 Å². The minimum Gasteiger partial charge on any atom is -0.467 e. The quantitative estimate of drug-likeness (QED) is 0.682. The number of aromatic nitrogens is 1. The van der Waals surface area contributed by atoms with Crippen LogP contribution in [0, 0.1) is 0 Å². The van der Waals surface area contributed by atoms with Gasteiger partial charge in [-0.15, -0.1) is 0 Å². The minimum atomic E-state index is -0.912. The van der Waals surface area contributed by atoms with Gasteiger partial charge < -0.3 is 14.4 Å². The van der Waals surface area contributed by atoms with E-state index in [4.69, 9.17) is 4.42 Å². The summed E-state index contributed by atoms with van der Waals surface area (Å²) in [6.07, 6.45) is 2.16. The Morgan fingerprint density at radius 1 is 1.16 bits per heavy atom. The number of furan rings is 1. The molecule has 3 rings (SSSR count). The van der Waals surface area contributed by atoms with E-state index in [1.165, 1.54) is 6.26 Å². The third-order valence-electron chi connectivity index (χ3n) is 3.73. The highest BCUT2D eigenvalue weighted by molar-refractivity contribution is 9.10. The number of carbonyl (C=O) groups excluding carboxylic acids is 1. The van der Waals surface area contributed by atoms with Crippen LogP contribution < -0.4 is 0 Å². The van der Waals surface area contributed by atoms with Crippen LogP contribution in [0.3, 0.4) is 0 Å². The number of amides is 1. The van der Waals surface area contributed by atoms with Crippen molar-refractivity contribution in [2.75, 3.05) is 6.54 Å². The van der Waals surface area contributed by atoms with Gasteiger partial charge in [-0.25, -0.2) is 4.98 Å². The Labute approximate surface area is 154 Å². The largest absolute Gasteiger partial charge is 0.467 e. The molecule has 6 heteroatoms. The zero-order chi connectivity index (χ0) is 17.6. The molecule has 0 aliphatic heterocycles. The first-order valence-electron chi connectivity index (χ1n) is 7.80. The summed E-state index contributed by atoms with van der Waals surface area (Å²) < 4.78 is 5.86. The molecule has 1 atom stereocenters. The second kappa shape index (κ2) is 8.09. The number of aliphatic hydroxyl groups is 1. The van der Waals surface area contributed by atoms with Crippen molar-refractivity contribution in [1.82, 2.24) is 9.88 Å². The molecule has 0 bridgehead atoms. The first-order chi connectivity index (χ1) is 12.1. The normalized spacial score (nSPS) is 11.9. The van der Waals surface area contributed by atoms with Gasteiger partial charge in [-0.3, -0.25) is 4.79 Å². The molecule has 2 heterocycles. The zero-order valence-corrected chi connectivity index (χ0v) is 15.0. The fourth-order valence-corrected chi connectivity index (χ4v) is 2.92. The maximum Gasteiger partial charge on any atom is 0.274 e. The van der Waals surface area contributed by atoms with Crippen LogP contribution in [0.2, 0.25) is 0 Å². The van der Waals surface area contributed by atoms with Crippen molar-refractivity contribution in [3.05, 3.63) is 88.5 Å². The van der Waals surface area contributed by atoms with E-state index in [-0.39, 0.29) is 12.5 Å². The van der Waals surface area contributed by atoms with Gasteiger partial charge in [0.2, 0.25) is 0 Å².